The van der Waals surface area contributed by atoms with E-state index in [1.165, 1.54) is 29.0 Å². The van der Waals surface area contributed by atoms with Gasteiger partial charge < -0.3 is 5.32 Å². The van der Waals surface area contributed by atoms with Crippen molar-refractivity contribution in [1.82, 2.24) is 14.9 Å². The Morgan fingerprint density at radius 2 is 2.05 bits per heavy atom. The fourth-order valence-corrected chi connectivity index (χ4v) is 2.30. The summed E-state index contributed by atoms with van der Waals surface area (Å²) in [6.07, 6.45) is 4.19. The zero-order chi connectivity index (χ0) is 15.2. The third-order valence-corrected chi connectivity index (χ3v) is 3.75. The minimum atomic E-state index is -0.0165. The van der Waals surface area contributed by atoms with Crippen molar-refractivity contribution >= 4 is 0 Å². The fourth-order valence-electron chi connectivity index (χ4n) is 2.30. The van der Waals surface area contributed by atoms with Gasteiger partial charge in [-0.15, -0.1) is 0 Å². The topological polar surface area (TPSA) is 46.9 Å². The predicted molar refractivity (Wildman–Crippen MR) is 85.4 cm³/mol. The van der Waals surface area contributed by atoms with Crippen LogP contribution in [-0.2, 0) is 6.54 Å². The molecule has 112 valence electrons. The van der Waals surface area contributed by atoms with Crippen LogP contribution in [0.25, 0.3) is 0 Å². The number of nitrogens with one attached hydrogen (secondary N) is 1. The molecule has 0 aliphatic rings. The molecule has 2 aromatic rings. The van der Waals surface area contributed by atoms with E-state index in [-0.39, 0.29) is 11.6 Å². The van der Waals surface area contributed by atoms with Crippen LogP contribution < -0.4 is 10.9 Å². The van der Waals surface area contributed by atoms with Gasteiger partial charge in [0.05, 0.1) is 12.4 Å². The number of rotatable bonds is 6. The maximum atomic E-state index is 11.9. The normalized spacial score (nSPS) is 12.3. The van der Waals surface area contributed by atoms with E-state index >= 15 is 0 Å². The van der Waals surface area contributed by atoms with Gasteiger partial charge in [-0.3, -0.25) is 9.36 Å². The molecule has 0 aliphatic heterocycles. The number of aryl methyl sites for hydroxylation is 2. The third kappa shape index (κ3) is 4.02. The summed E-state index contributed by atoms with van der Waals surface area (Å²) < 4.78 is 1.66. The lowest BCUT2D eigenvalue weighted by Gasteiger charge is -2.21. The van der Waals surface area contributed by atoms with Crippen LogP contribution in [0.4, 0.5) is 0 Å². The molecule has 21 heavy (non-hydrogen) atoms. The molecule has 0 saturated carbocycles. The smallest absolute Gasteiger partial charge is 0.253 e. The molecule has 1 atom stereocenters. The standard InChI is InChI=1S/C17H23N3O/c1-4-8-19-16(11-20-12-18-9-7-17(20)21)15-6-5-13(2)14(3)10-15/h5-7,9-10,12,16,19H,4,8,11H2,1-3H3. The van der Waals surface area contributed by atoms with Gasteiger partial charge >= 0.3 is 0 Å². The van der Waals surface area contributed by atoms with Crippen LogP contribution in [0.1, 0.15) is 36.1 Å². The summed E-state index contributed by atoms with van der Waals surface area (Å²) in [6.45, 7) is 7.88. The van der Waals surface area contributed by atoms with E-state index in [4.69, 9.17) is 0 Å². The Hall–Kier alpha value is -1.94. The van der Waals surface area contributed by atoms with E-state index < -0.39 is 0 Å². The molecule has 2 rings (SSSR count). The van der Waals surface area contributed by atoms with Crippen molar-refractivity contribution in [2.24, 2.45) is 0 Å². The first-order valence-corrected chi connectivity index (χ1v) is 7.42. The molecule has 0 spiro atoms. The minimum Gasteiger partial charge on any atom is -0.308 e. The van der Waals surface area contributed by atoms with Gasteiger partial charge in [-0.1, -0.05) is 25.1 Å². The van der Waals surface area contributed by atoms with Gasteiger partial charge in [-0.2, -0.15) is 0 Å². The van der Waals surface area contributed by atoms with Gasteiger partial charge in [0.25, 0.3) is 5.56 Å². The summed E-state index contributed by atoms with van der Waals surface area (Å²) in [5.74, 6) is 0. The van der Waals surface area contributed by atoms with Gasteiger partial charge in [-0.25, -0.2) is 4.98 Å². The Bertz CT molecular complexity index is 648. The Labute approximate surface area is 125 Å². The predicted octanol–water partition coefficient (Wildman–Crippen LogP) is 2.60. The Balaban J connectivity index is 2.27. The second-order valence-electron chi connectivity index (χ2n) is 5.42. The van der Waals surface area contributed by atoms with Crippen molar-refractivity contribution in [1.29, 1.82) is 0 Å². The fraction of sp³-hybridized carbons (Fsp3) is 0.412. The van der Waals surface area contributed by atoms with Crippen molar-refractivity contribution < 1.29 is 0 Å². The molecule has 4 nitrogen and oxygen atoms in total. The summed E-state index contributed by atoms with van der Waals surface area (Å²) >= 11 is 0. The number of hydrogen-bond donors (Lipinski definition) is 1. The van der Waals surface area contributed by atoms with Crippen molar-refractivity contribution in [2.75, 3.05) is 6.54 Å². The lowest BCUT2D eigenvalue weighted by Crippen LogP contribution is -2.30. The highest BCUT2D eigenvalue weighted by Gasteiger charge is 2.13. The summed E-state index contributed by atoms with van der Waals surface area (Å²) in [7, 11) is 0. The minimum absolute atomic E-state index is 0.0165. The molecule has 1 unspecified atom stereocenters. The molecule has 0 amide bonds. The molecule has 0 fully saturated rings. The number of aromatic nitrogens is 2. The van der Waals surface area contributed by atoms with Crippen molar-refractivity contribution in [2.45, 2.75) is 39.8 Å². The first kappa shape index (κ1) is 15.4. The third-order valence-electron chi connectivity index (χ3n) is 3.75. The van der Waals surface area contributed by atoms with E-state index in [9.17, 15) is 4.79 Å². The van der Waals surface area contributed by atoms with Crippen molar-refractivity contribution in [3.05, 3.63) is 63.8 Å². The van der Waals surface area contributed by atoms with E-state index in [1.54, 1.807) is 10.9 Å². The largest absolute Gasteiger partial charge is 0.308 e. The number of benzene rings is 1. The molecule has 1 N–H and O–H groups in total. The van der Waals surface area contributed by atoms with Crippen LogP contribution in [-0.4, -0.2) is 16.1 Å². The average Bonchev–Trinajstić information content (AvgIpc) is 2.48. The Morgan fingerprint density at radius 3 is 2.71 bits per heavy atom. The van der Waals surface area contributed by atoms with Gasteiger partial charge in [0, 0.05) is 18.8 Å². The SMILES string of the molecule is CCCNC(Cn1cnccc1=O)c1ccc(C)c(C)c1. The quantitative estimate of drug-likeness (QED) is 0.887. The monoisotopic (exact) mass is 285 g/mol. The van der Waals surface area contributed by atoms with Crippen LogP contribution in [0.2, 0.25) is 0 Å². The molecular formula is C17H23N3O. The summed E-state index contributed by atoms with van der Waals surface area (Å²) in [6, 6.07) is 8.08. The summed E-state index contributed by atoms with van der Waals surface area (Å²) in [5, 5.41) is 3.52. The Kier molecular flexibility index (Phi) is 5.28. The molecular weight excluding hydrogens is 262 g/mol. The lowest BCUT2D eigenvalue weighted by atomic mass is 10.0. The highest BCUT2D eigenvalue weighted by molar-refractivity contribution is 5.31. The molecule has 0 bridgehead atoms. The van der Waals surface area contributed by atoms with Crippen LogP contribution in [0.15, 0.2) is 41.6 Å². The molecule has 4 heteroatoms. The Morgan fingerprint density at radius 1 is 1.24 bits per heavy atom. The second-order valence-corrected chi connectivity index (χ2v) is 5.42. The zero-order valence-corrected chi connectivity index (χ0v) is 13.0. The highest BCUT2D eigenvalue weighted by Crippen LogP contribution is 2.18. The van der Waals surface area contributed by atoms with E-state index in [0.29, 0.717) is 6.54 Å². The number of hydrogen-bond acceptors (Lipinski definition) is 3. The van der Waals surface area contributed by atoms with Crippen molar-refractivity contribution in [3.8, 4) is 0 Å². The van der Waals surface area contributed by atoms with E-state index in [1.807, 2.05) is 0 Å². The molecule has 0 radical (unpaired) electrons. The highest BCUT2D eigenvalue weighted by atomic mass is 16.1. The maximum absolute atomic E-state index is 11.9. The molecule has 1 aromatic heterocycles. The van der Waals surface area contributed by atoms with Crippen LogP contribution in [0, 0.1) is 13.8 Å². The molecule has 0 aliphatic carbocycles. The van der Waals surface area contributed by atoms with Gasteiger partial charge in [0.1, 0.15) is 0 Å². The number of nitrogens with zero attached hydrogens (tertiary/aromatic N) is 2. The maximum Gasteiger partial charge on any atom is 0.253 e. The summed E-state index contributed by atoms with van der Waals surface area (Å²) in [4.78, 5) is 15.9. The van der Waals surface area contributed by atoms with Crippen LogP contribution in [0.5, 0.6) is 0 Å². The van der Waals surface area contributed by atoms with Gasteiger partial charge in [0.2, 0.25) is 0 Å². The average molecular weight is 285 g/mol. The van der Waals surface area contributed by atoms with Crippen LogP contribution in [0.3, 0.4) is 0 Å². The molecule has 1 heterocycles. The van der Waals surface area contributed by atoms with Crippen molar-refractivity contribution in [3.63, 3.8) is 0 Å². The van der Waals surface area contributed by atoms with Gasteiger partial charge in [-0.05, 0) is 43.5 Å². The zero-order valence-electron chi connectivity index (χ0n) is 13.0. The van der Waals surface area contributed by atoms with E-state index in [2.05, 4.69) is 49.3 Å². The molecule has 1 aromatic carbocycles. The lowest BCUT2D eigenvalue weighted by molar-refractivity contribution is 0.452. The van der Waals surface area contributed by atoms with Gasteiger partial charge in [0.15, 0.2) is 0 Å². The summed E-state index contributed by atoms with van der Waals surface area (Å²) in [5.41, 5.74) is 3.75. The first-order valence-electron chi connectivity index (χ1n) is 7.42. The van der Waals surface area contributed by atoms with Crippen LogP contribution >= 0.6 is 0 Å². The van der Waals surface area contributed by atoms with E-state index in [0.717, 1.165) is 13.0 Å². The first-order chi connectivity index (χ1) is 10.1. The molecule has 0 saturated heterocycles. The second kappa shape index (κ2) is 7.18.